The van der Waals surface area contributed by atoms with Crippen LogP contribution in [0.25, 0.3) is 11.1 Å². The molecule has 0 fully saturated rings. The predicted octanol–water partition coefficient (Wildman–Crippen LogP) is 4.36. The molecular formula is C18H12ClFN2O3. The van der Waals surface area contributed by atoms with Crippen LogP contribution in [0.1, 0.15) is 5.69 Å². The van der Waals surface area contributed by atoms with Gasteiger partial charge in [-0.25, -0.2) is 9.37 Å². The number of hydrogen-bond donors (Lipinski definition) is 1. The maximum Gasteiger partial charge on any atom is 0.309 e. The molecule has 0 atom stereocenters. The number of benzene rings is 1. The molecule has 0 saturated carbocycles. The van der Waals surface area contributed by atoms with Gasteiger partial charge in [-0.15, -0.1) is 0 Å². The van der Waals surface area contributed by atoms with Crippen molar-refractivity contribution in [1.82, 2.24) is 9.97 Å². The van der Waals surface area contributed by atoms with Gasteiger partial charge in [0.05, 0.1) is 17.1 Å². The lowest BCUT2D eigenvalue weighted by Crippen LogP contribution is -2.02. The van der Waals surface area contributed by atoms with E-state index in [2.05, 4.69) is 9.97 Å². The molecule has 5 nitrogen and oxygen atoms in total. The fourth-order valence-corrected chi connectivity index (χ4v) is 2.36. The molecule has 1 aromatic carbocycles. The molecule has 1 N–H and O–H groups in total. The Kier molecular flexibility index (Phi) is 4.90. The summed E-state index contributed by atoms with van der Waals surface area (Å²) in [6, 6.07) is 11.5. The van der Waals surface area contributed by atoms with Gasteiger partial charge in [-0.3, -0.25) is 9.78 Å². The lowest BCUT2D eigenvalue weighted by molar-refractivity contribution is -0.136. The van der Waals surface area contributed by atoms with Gasteiger partial charge in [-0.05, 0) is 41.5 Å². The van der Waals surface area contributed by atoms with Gasteiger partial charge in [-0.1, -0.05) is 23.7 Å². The standard InChI is InChI=1S/C18H12ClFN2O3/c19-13-8-16(20)18(22-10-13)25-15-3-1-11(2-4-15)12-5-6-21-14(7-12)9-17(23)24/h1-8,10H,9H2,(H,23,24). The highest BCUT2D eigenvalue weighted by atomic mass is 35.5. The average molecular weight is 359 g/mol. The number of pyridine rings is 2. The van der Waals surface area contributed by atoms with Crippen molar-refractivity contribution in [2.24, 2.45) is 0 Å². The number of halogens is 2. The number of carbonyl (C=O) groups is 1. The van der Waals surface area contributed by atoms with Crippen LogP contribution in [-0.4, -0.2) is 21.0 Å². The number of carboxylic acid groups (broad SMARTS) is 1. The average Bonchev–Trinajstić information content (AvgIpc) is 2.58. The number of nitrogens with zero attached hydrogens (tertiary/aromatic N) is 2. The van der Waals surface area contributed by atoms with E-state index < -0.39 is 11.8 Å². The zero-order valence-electron chi connectivity index (χ0n) is 12.8. The van der Waals surface area contributed by atoms with E-state index >= 15 is 0 Å². The first-order chi connectivity index (χ1) is 12.0. The Bertz CT molecular complexity index is 916. The van der Waals surface area contributed by atoms with E-state index in [0.717, 1.165) is 17.2 Å². The highest BCUT2D eigenvalue weighted by Gasteiger charge is 2.08. The Morgan fingerprint density at radius 1 is 1.12 bits per heavy atom. The molecule has 0 radical (unpaired) electrons. The van der Waals surface area contributed by atoms with Crippen LogP contribution in [-0.2, 0) is 11.2 Å². The van der Waals surface area contributed by atoms with Gasteiger partial charge < -0.3 is 9.84 Å². The second-order valence-corrected chi connectivity index (χ2v) is 5.61. The van der Waals surface area contributed by atoms with Crippen molar-refractivity contribution in [3.8, 4) is 22.8 Å². The van der Waals surface area contributed by atoms with Crippen LogP contribution in [0.3, 0.4) is 0 Å². The number of carboxylic acids is 1. The Morgan fingerprint density at radius 2 is 1.88 bits per heavy atom. The molecule has 2 heterocycles. The minimum atomic E-state index is -0.939. The third-order valence-corrected chi connectivity index (χ3v) is 3.53. The van der Waals surface area contributed by atoms with Crippen LogP contribution in [0.2, 0.25) is 5.02 Å². The molecule has 0 aliphatic rings. The summed E-state index contributed by atoms with van der Waals surface area (Å²) in [4.78, 5) is 18.6. The zero-order chi connectivity index (χ0) is 17.8. The minimum Gasteiger partial charge on any atom is -0.481 e. The number of rotatable bonds is 5. The lowest BCUT2D eigenvalue weighted by atomic mass is 10.1. The van der Waals surface area contributed by atoms with Crippen LogP contribution >= 0.6 is 11.6 Å². The Balaban J connectivity index is 1.79. The van der Waals surface area contributed by atoms with E-state index in [9.17, 15) is 9.18 Å². The molecule has 7 heteroatoms. The van der Waals surface area contributed by atoms with Crippen molar-refractivity contribution < 1.29 is 19.0 Å². The van der Waals surface area contributed by atoms with Crippen molar-refractivity contribution in [2.75, 3.05) is 0 Å². The van der Waals surface area contributed by atoms with E-state index in [4.69, 9.17) is 21.4 Å². The van der Waals surface area contributed by atoms with Gasteiger partial charge in [-0.2, -0.15) is 0 Å². The first kappa shape index (κ1) is 16.9. The molecule has 0 bridgehead atoms. The van der Waals surface area contributed by atoms with Crippen molar-refractivity contribution in [1.29, 1.82) is 0 Å². The largest absolute Gasteiger partial charge is 0.481 e. The van der Waals surface area contributed by atoms with Gasteiger partial charge in [0, 0.05) is 12.4 Å². The van der Waals surface area contributed by atoms with E-state index in [1.807, 2.05) is 0 Å². The summed E-state index contributed by atoms with van der Waals surface area (Å²) in [5.74, 6) is -1.34. The number of ether oxygens (including phenoxy) is 1. The Hall–Kier alpha value is -2.99. The molecule has 0 saturated heterocycles. The predicted molar refractivity (Wildman–Crippen MR) is 90.3 cm³/mol. The Morgan fingerprint density at radius 3 is 2.56 bits per heavy atom. The summed E-state index contributed by atoms with van der Waals surface area (Å²) >= 11 is 5.65. The van der Waals surface area contributed by atoms with E-state index in [0.29, 0.717) is 11.4 Å². The summed E-state index contributed by atoms with van der Waals surface area (Å²) in [5.41, 5.74) is 2.15. The van der Waals surface area contributed by atoms with Gasteiger partial charge in [0.2, 0.25) is 0 Å². The molecule has 126 valence electrons. The fraction of sp³-hybridized carbons (Fsp3) is 0.0556. The molecule has 3 rings (SSSR count). The quantitative estimate of drug-likeness (QED) is 0.733. The number of aromatic nitrogens is 2. The smallest absolute Gasteiger partial charge is 0.309 e. The van der Waals surface area contributed by atoms with Crippen LogP contribution in [0.5, 0.6) is 11.6 Å². The topological polar surface area (TPSA) is 72.3 Å². The summed E-state index contributed by atoms with van der Waals surface area (Å²) in [7, 11) is 0. The molecule has 0 aliphatic carbocycles. The minimum absolute atomic E-state index is 0.142. The molecule has 0 spiro atoms. The van der Waals surface area contributed by atoms with Gasteiger partial charge in [0.15, 0.2) is 5.82 Å². The third-order valence-electron chi connectivity index (χ3n) is 3.33. The van der Waals surface area contributed by atoms with Crippen molar-refractivity contribution in [3.63, 3.8) is 0 Å². The third kappa shape index (κ3) is 4.30. The second kappa shape index (κ2) is 7.27. The van der Waals surface area contributed by atoms with Crippen molar-refractivity contribution in [3.05, 3.63) is 71.4 Å². The van der Waals surface area contributed by atoms with E-state index in [1.54, 1.807) is 42.6 Å². The zero-order valence-corrected chi connectivity index (χ0v) is 13.6. The summed E-state index contributed by atoms with van der Waals surface area (Å²) in [6.45, 7) is 0. The molecule has 0 amide bonds. The molecule has 3 aromatic rings. The number of hydrogen-bond acceptors (Lipinski definition) is 4. The monoisotopic (exact) mass is 358 g/mol. The maximum absolute atomic E-state index is 13.7. The van der Waals surface area contributed by atoms with Crippen LogP contribution in [0.15, 0.2) is 54.9 Å². The fourth-order valence-electron chi connectivity index (χ4n) is 2.21. The summed E-state index contributed by atoms with van der Waals surface area (Å²) in [6.07, 6.45) is 2.72. The van der Waals surface area contributed by atoms with Crippen molar-refractivity contribution >= 4 is 17.6 Å². The number of aliphatic carboxylic acids is 1. The second-order valence-electron chi connectivity index (χ2n) is 5.17. The normalized spacial score (nSPS) is 10.5. The molecule has 0 aliphatic heterocycles. The highest BCUT2D eigenvalue weighted by molar-refractivity contribution is 6.30. The first-order valence-electron chi connectivity index (χ1n) is 7.27. The highest BCUT2D eigenvalue weighted by Crippen LogP contribution is 2.27. The lowest BCUT2D eigenvalue weighted by Gasteiger charge is -2.08. The van der Waals surface area contributed by atoms with E-state index in [-0.39, 0.29) is 17.3 Å². The van der Waals surface area contributed by atoms with Gasteiger partial charge in [0.25, 0.3) is 5.88 Å². The molecule has 2 aromatic heterocycles. The van der Waals surface area contributed by atoms with Crippen LogP contribution < -0.4 is 4.74 Å². The molecule has 25 heavy (non-hydrogen) atoms. The SMILES string of the molecule is O=C(O)Cc1cc(-c2ccc(Oc3ncc(Cl)cc3F)cc2)ccn1. The summed E-state index contributed by atoms with van der Waals surface area (Å²) < 4.78 is 19.1. The van der Waals surface area contributed by atoms with Gasteiger partial charge in [0.1, 0.15) is 5.75 Å². The Labute approximate surface area is 147 Å². The van der Waals surface area contributed by atoms with Gasteiger partial charge >= 0.3 is 5.97 Å². The van der Waals surface area contributed by atoms with Crippen LogP contribution in [0.4, 0.5) is 4.39 Å². The van der Waals surface area contributed by atoms with Crippen molar-refractivity contribution in [2.45, 2.75) is 6.42 Å². The molecule has 0 unspecified atom stereocenters. The van der Waals surface area contributed by atoms with Crippen LogP contribution in [0, 0.1) is 5.82 Å². The first-order valence-corrected chi connectivity index (χ1v) is 7.65. The summed E-state index contributed by atoms with van der Waals surface area (Å²) in [5, 5.41) is 9.03. The van der Waals surface area contributed by atoms with E-state index in [1.165, 1.54) is 6.20 Å². The molecular weight excluding hydrogens is 347 g/mol. The maximum atomic E-state index is 13.7.